The minimum atomic E-state index is -0.452. The van der Waals surface area contributed by atoms with Gasteiger partial charge < -0.3 is 9.64 Å². The first-order valence-electron chi connectivity index (χ1n) is 7.48. The summed E-state index contributed by atoms with van der Waals surface area (Å²) in [4.78, 5) is 24.5. The van der Waals surface area contributed by atoms with Crippen LogP contribution in [0.4, 0.5) is 11.4 Å². The first-order chi connectivity index (χ1) is 10.3. The molecule has 1 heterocycles. The highest BCUT2D eigenvalue weighted by atomic mass is 16.6. The van der Waals surface area contributed by atoms with Gasteiger partial charge in [-0.3, -0.25) is 14.9 Å². The third kappa shape index (κ3) is 4.19. The third-order valence-electron chi connectivity index (χ3n) is 3.66. The van der Waals surface area contributed by atoms with Crippen molar-refractivity contribution in [3.8, 4) is 0 Å². The highest BCUT2D eigenvalue weighted by molar-refractivity contribution is 5.73. The normalized spacial score (nSPS) is 16.4. The minimum absolute atomic E-state index is 0.0616. The van der Waals surface area contributed by atoms with Gasteiger partial charge in [0.1, 0.15) is 5.60 Å². The molecule has 0 spiro atoms. The van der Waals surface area contributed by atoms with Crippen LogP contribution in [-0.2, 0) is 9.53 Å². The number of esters is 1. The highest BCUT2D eigenvalue weighted by Gasteiger charge is 2.29. The number of hydrogen-bond donors (Lipinski definition) is 0. The topological polar surface area (TPSA) is 72.7 Å². The summed E-state index contributed by atoms with van der Waals surface area (Å²) >= 11 is 0. The maximum absolute atomic E-state index is 12.1. The Bertz CT molecular complexity index is 540. The van der Waals surface area contributed by atoms with Crippen molar-refractivity contribution in [2.75, 3.05) is 18.0 Å². The van der Waals surface area contributed by atoms with Gasteiger partial charge in [0.2, 0.25) is 0 Å². The average Bonchev–Trinajstić information content (AvgIpc) is 2.46. The Morgan fingerprint density at radius 2 is 1.77 bits per heavy atom. The molecule has 0 saturated carbocycles. The van der Waals surface area contributed by atoms with Gasteiger partial charge in [-0.05, 0) is 45.7 Å². The minimum Gasteiger partial charge on any atom is -0.460 e. The molecule has 6 nitrogen and oxygen atoms in total. The molecule has 0 unspecified atom stereocenters. The lowest BCUT2D eigenvalue weighted by Crippen LogP contribution is -2.38. The molecule has 1 aliphatic heterocycles. The molecule has 1 aromatic carbocycles. The van der Waals surface area contributed by atoms with Crippen LogP contribution in [0.2, 0.25) is 0 Å². The largest absolute Gasteiger partial charge is 0.460 e. The number of carbonyl (C=O) groups excluding carboxylic acids is 1. The van der Waals surface area contributed by atoms with E-state index in [-0.39, 0.29) is 17.6 Å². The van der Waals surface area contributed by atoms with Crippen LogP contribution in [0.3, 0.4) is 0 Å². The molecular formula is C16H22N2O4. The summed E-state index contributed by atoms with van der Waals surface area (Å²) in [6.45, 7) is 7.12. The van der Waals surface area contributed by atoms with Crippen LogP contribution in [0.25, 0.3) is 0 Å². The fraction of sp³-hybridized carbons (Fsp3) is 0.562. The summed E-state index contributed by atoms with van der Waals surface area (Å²) in [5.41, 5.74) is 0.590. The van der Waals surface area contributed by atoms with Crippen LogP contribution < -0.4 is 4.90 Å². The second kappa shape index (κ2) is 6.34. The lowest BCUT2D eigenvalue weighted by molar-refractivity contribution is -0.384. The summed E-state index contributed by atoms with van der Waals surface area (Å²) in [6, 6.07) is 6.53. The van der Waals surface area contributed by atoms with E-state index in [0.29, 0.717) is 0 Å². The van der Waals surface area contributed by atoms with Gasteiger partial charge in [0.25, 0.3) is 5.69 Å². The number of nitro benzene ring substituents is 1. The van der Waals surface area contributed by atoms with Crippen molar-refractivity contribution in [3.63, 3.8) is 0 Å². The molecule has 0 aliphatic carbocycles. The first kappa shape index (κ1) is 16.3. The monoisotopic (exact) mass is 306 g/mol. The van der Waals surface area contributed by atoms with Gasteiger partial charge in [0, 0.05) is 30.9 Å². The van der Waals surface area contributed by atoms with Crippen molar-refractivity contribution < 1.29 is 14.5 Å². The summed E-state index contributed by atoms with van der Waals surface area (Å²) in [6.07, 6.45) is 1.48. The Morgan fingerprint density at radius 1 is 1.23 bits per heavy atom. The zero-order valence-corrected chi connectivity index (χ0v) is 13.2. The van der Waals surface area contributed by atoms with Crippen LogP contribution in [0.1, 0.15) is 33.6 Å². The van der Waals surface area contributed by atoms with Crippen molar-refractivity contribution in [1.29, 1.82) is 0 Å². The van der Waals surface area contributed by atoms with Crippen molar-refractivity contribution in [3.05, 3.63) is 34.4 Å². The number of rotatable bonds is 3. The van der Waals surface area contributed by atoms with E-state index < -0.39 is 10.5 Å². The third-order valence-corrected chi connectivity index (χ3v) is 3.66. The lowest BCUT2D eigenvalue weighted by Gasteiger charge is -2.33. The molecular weight excluding hydrogens is 284 g/mol. The number of carbonyl (C=O) groups is 1. The zero-order chi connectivity index (χ0) is 16.3. The molecule has 0 aromatic heterocycles. The molecule has 6 heteroatoms. The summed E-state index contributed by atoms with van der Waals surface area (Å²) in [7, 11) is 0. The number of piperidine rings is 1. The van der Waals surface area contributed by atoms with E-state index in [9.17, 15) is 14.9 Å². The second-order valence-corrected chi connectivity index (χ2v) is 6.57. The summed E-state index contributed by atoms with van der Waals surface area (Å²) in [5, 5.41) is 10.7. The molecule has 22 heavy (non-hydrogen) atoms. The zero-order valence-electron chi connectivity index (χ0n) is 13.2. The van der Waals surface area contributed by atoms with E-state index in [1.807, 2.05) is 20.8 Å². The molecule has 0 bridgehead atoms. The maximum Gasteiger partial charge on any atom is 0.309 e. The van der Waals surface area contributed by atoms with E-state index in [4.69, 9.17) is 4.74 Å². The van der Waals surface area contributed by atoms with Gasteiger partial charge >= 0.3 is 5.97 Å². The molecule has 2 rings (SSSR count). The smallest absolute Gasteiger partial charge is 0.309 e. The molecule has 0 amide bonds. The lowest BCUT2D eigenvalue weighted by atomic mass is 9.96. The summed E-state index contributed by atoms with van der Waals surface area (Å²) in [5.74, 6) is -0.190. The molecule has 120 valence electrons. The maximum atomic E-state index is 12.1. The SMILES string of the molecule is CC(C)(C)OC(=O)C1CCN(c2ccc([N+](=O)[O-])cc2)CC1. The number of anilines is 1. The molecule has 1 fully saturated rings. The van der Waals surface area contributed by atoms with Crippen LogP contribution in [0.5, 0.6) is 0 Å². The Kier molecular flexibility index (Phi) is 4.68. The first-order valence-corrected chi connectivity index (χ1v) is 7.48. The van der Waals surface area contributed by atoms with Crippen molar-refractivity contribution in [2.45, 2.75) is 39.2 Å². The van der Waals surface area contributed by atoms with E-state index >= 15 is 0 Å². The van der Waals surface area contributed by atoms with Gasteiger partial charge in [0.15, 0.2) is 0 Å². The molecule has 0 radical (unpaired) electrons. The molecule has 1 aliphatic rings. The van der Waals surface area contributed by atoms with Gasteiger partial charge in [-0.2, -0.15) is 0 Å². The van der Waals surface area contributed by atoms with Crippen LogP contribution in [0, 0.1) is 16.0 Å². The van der Waals surface area contributed by atoms with E-state index in [2.05, 4.69) is 4.90 Å². The Labute approximate surface area is 130 Å². The predicted molar refractivity (Wildman–Crippen MR) is 83.9 cm³/mol. The number of nitro groups is 1. The predicted octanol–water partition coefficient (Wildman–Crippen LogP) is 3.15. The van der Waals surface area contributed by atoms with E-state index in [1.54, 1.807) is 12.1 Å². The number of benzene rings is 1. The number of ether oxygens (including phenoxy) is 1. The van der Waals surface area contributed by atoms with Gasteiger partial charge in [-0.1, -0.05) is 0 Å². The van der Waals surface area contributed by atoms with Crippen molar-refractivity contribution in [2.24, 2.45) is 5.92 Å². The molecule has 1 aromatic rings. The quantitative estimate of drug-likeness (QED) is 0.487. The van der Waals surface area contributed by atoms with Gasteiger partial charge in [0.05, 0.1) is 10.8 Å². The van der Waals surface area contributed by atoms with Gasteiger partial charge in [-0.25, -0.2) is 0 Å². The summed E-state index contributed by atoms with van der Waals surface area (Å²) < 4.78 is 5.43. The van der Waals surface area contributed by atoms with Crippen molar-refractivity contribution >= 4 is 17.3 Å². The van der Waals surface area contributed by atoms with Crippen LogP contribution >= 0.6 is 0 Å². The molecule has 0 N–H and O–H groups in total. The number of nitrogens with zero attached hydrogens (tertiary/aromatic N) is 2. The fourth-order valence-corrected chi connectivity index (χ4v) is 2.54. The Balaban J connectivity index is 1.91. The second-order valence-electron chi connectivity index (χ2n) is 6.57. The van der Waals surface area contributed by atoms with Crippen LogP contribution in [-0.4, -0.2) is 29.6 Å². The Hall–Kier alpha value is -2.11. The molecule has 1 saturated heterocycles. The average molecular weight is 306 g/mol. The van der Waals surface area contributed by atoms with Crippen LogP contribution in [0.15, 0.2) is 24.3 Å². The highest BCUT2D eigenvalue weighted by Crippen LogP contribution is 2.26. The number of hydrogen-bond acceptors (Lipinski definition) is 5. The molecule has 0 atom stereocenters. The van der Waals surface area contributed by atoms with Crippen molar-refractivity contribution in [1.82, 2.24) is 0 Å². The number of non-ortho nitro benzene ring substituents is 1. The van der Waals surface area contributed by atoms with E-state index in [1.165, 1.54) is 12.1 Å². The van der Waals surface area contributed by atoms with Gasteiger partial charge in [-0.15, -0.1) is 0 Å². The Morgan fingerprint density at radius 3 is 2.23 bits per heavy atom. The standard InChI is InChI=1S/C16H22N2O4/c1-16(2,3)22-15(19)12-8-10-17(11-9-12)13-4-6-14(7-5-13)18(20)21/h4-7,12H,8-11H2,1-3H3. The van der Waals surface area contributed by atoms with E-state index in [0.717, 1.165) is 31.6 Å². The fourth-order valence-electron chi connectivity index (χ4n) is 2.54.